The van der Waals surface area contributed by atoms with Crippen LogP contribution in [0.5, 0.6) is 0 Å². The van der Waals surface area contributed by atoms with Crippen molar-refractivity contribution in [1.82, 2.24) is 14.5 Å². The summed E-state index contributed by atoms with van der Waals surface area (Å²) in [6.07, 6.45) is 1.02. The van der Waals surface area contributed by atoms with Gasteiger partial charge in [0.25, 0.3) is 0 Å². The van der Waals surface area contributed by atoms with E-state index in [0.717, 1.165) is 16.5 Å². The van der Waals surface area contributed by atoms with Crippen molar-refractivity contribution in [3.8, 4) is 0 Å². The van der Waals surface area contributed by atoms with Crippen molar-refractivity contribution in [2.75, 3.05) is 25.0 Å². The van der Waals surface area contributed by atoms with Gasteiger partial charge in [-0.25, -0.2) is 8.42 Å². The molecule has 2 aromatic carbocycles. The number of piperidine rings is 1. The van der Waals surface area contributed by atoms with Crippen molar-refractivity contribution in [2.45, 2.75) is 42.2 Å². The Kier molecular flexibility index (Phi) is 8.26. The molecule has 1 aliphatic heterocycles. The standard InChI is InChI=1S/C25H30N4O3S3/c1-17-6-4-7-20(11-17)16-33-25-28-27-24(34-25)26-13-23(30)21-8-5-9-22(12-21)35(31,32)29-14-18(2)10-19(3)15-29/h4-9,11-12,18-19H,10,13-16H2,1-3H3,(H,26,27). The molecule has 7 nitrogen and oxygen atoms in total. The summed E-state index contributed by atoms with van der Waals surface area (Å²) in [5.41, 5.74) is 2.80. The molecule has 2 atom stereocenters. The second kappa shape index (κ2) is 11.2. The number of thioether (sulfide) groups is 1. The minimum atomic E-state index is -3.64. The summed E-state index contributed by atoms with van der Waals surface area (Å²) in [4.78, 5) is 13.0. The molecule has 1 aromatic heterocycles. The second-order valence-electron chi connectivity index (χ2n) is 9.22. The normalized spacial score (nSPS) is 18.9. The van der Waals surface area contributed by atoms with Gasteiger partial charge in [-0.15, -0.1) is 10.2 Å². The Morgan fingerprint density at radius 3 is 2.60 bits per heavy atom. The Hall–Kier alpha value is -2.27. The van der Waals surface area contributed by atoms with Crippen LogP contribution in [0, 0.1) is 18.8 Å². The number of nitrogens with zero attached hydrogens (tertiary/aromatic N) is 3. The maximum Gasteiger partial charge on any atom is 0.243 e. The van der Waals surface area contributed by atoms with Crippen LogP contribution in [0.1, 0.15) is 41.8 Å². The average molecular weight is 531 g/mol. The van der Waals surface area contributed by atoms with E-state index in [1.165, 1.54) is 28.5 Å². The first-order chi connectivity index (χ1) is 16.7. The maximum absolute atomic E-state index is 13.2. The van der Waals surface area contributed by atoms with Gasteiger partial charge in [0.05, 0.1) is 11.4 Å². The average Bonchev–Trinajstić information content (AvgIpc) is 3.28. The summed E-state index contributed by atoms with van der Waals surface area (Å²) in [5, 5.41) is 11.9. The number of rotatable bonds is 9. The fraction of sp³-hybridized carbons (Fsp3) is 0.400. The summed E-state index contributed by atoms with van der Waals surface area (Å²) < 4.78 is 28.8. The predicted octanol–water partition coefficient (Wildman–Crippen LogP) is 5.10. The monoisotopic (exact) mass is 530 g/mol. The topological polar surface area (TPSA) is 92.3 Å². The summed E-state index contributed by atoms with van der Waals surface area (Å²) in [5.74, 6) is 1.22. The summed E-state index contributed by atoms with van der Waals surface area (Å²) in [7, 11) is -3.64. The van der Waals surface area contributed by atoms with E-state index in [2.05, 4.69) is 54.5 Å². The predicted molar refractivity (Wildman–Crippen MR) is 142 cm³/mol. The van der Waals surface area contributed by atoms with Crippen LogP contribution in [0.25, 0.3) is 0 Å². The number of aryl methyl sites for hydroxylation is 1. The van der Waals surface area contributed by atoms with Crippen molar-refractivity contribution in [2.24, 2.45) is 11.8 Å². The number of carbonyl (C=O) groups is 1. The number of hydrogen-bond acceptors (Lipinski definition) is 8. The Balaban J connectivity index is 1.35. The highest BCUT2D eigenvalue weighted by atomic mass is 32.2. The van der Waals surface area contributed by atoms with Gasteiger partial charge in [-0.2, -0.15) is 4.31 Å². The number of sulfonamides is 1. The van der Waals surface area contributed by atoms with E-state index < -0.39 is 10.0 Å². The SMILES string of the molecule is Cc1cccc(CSc2nnc(NCC(=O)c3cccc(S(=O)(=O)N4CC(C)CC(C)C4)c3)s2)c1. The van der Waals surface area contributed by atoms with Crippen molar-refractivity contribution in [3.05, 3.63) is 65.2 Å². The maximum atomic E-state index is 13.2. The summed E-state index contributed by atoms with van der Waals surface area (Å²) >= 11 is 3.00. The van der Waals surface area contributed by atoms with Crippen LogP contribution < -0.4 is 5.32 Å². The first-order valence-electron chi connectivity index (χ1n) is 11.6. The number of hydrogen-bond donors (Lipinski definition) is 1. The van der Waals surface area contributed by atoms with Gasteiger partial charge in [0, 0.05) is 24.4 Å². The van der Waals surface area contributed by atoms with Crippen molar-refractivity contribution >= 4 is 44.0 Å². The van der Waals surface area contributed by atoms with Gasteiger partial charge in [0.15, 0.2) is 10.1 Å². The van der Waals surface area contributed by atoms with Gasteiger partial charge in [0.2, 0.25) is 15.2 Å². The molecule has 1 saturated heterocycles. The highest BCUT2D eigenvalue weighted by Crippen LogP contribution is 2.29. The van der Waals surface area contributed by atoms with Crippen LogP contribution in [-0.4, -0.2) is 48.3 Å². The van der Waals surface area contributed by atoms with Crippen LogP contribution in [0.2, 0.25) is 0 Å². The second-order valence-corrected chi connectivity index (χ2v) is 13.4. The fourth-order valence-corrected chi connectivity index (χ4v) is 7.74. The Bertz CT molecular complexity index is 1280. The van der Waals surface area contributed by atoms with E-state index in [1.807, 2.05) is 6.07 Å². The zero-order valence-corrected chi connectivity index (χ0v) is 22.5. The lowest BCUT2D eigenvalue weighted by atomic mass is 9.94. The molecule has 2 heterocycles. The van der Waals surface area contributed by atoms with Gasteiger partial charge < -0.3 is 5.32 Å². The smallest absolute Gasteiger partial charge is 0.243 e. The van der Waals surface area contributed by atoms with Gasteiger partial charge in [0.1, 0.15) is 0 Å². The van der Waals surface area contributed by atoms with E-state index in [-0.39, 0.29) is 17.2 Å². The fourth-order valence-electron chi connectivity index (χ4n) is 4.33. The molecule has 186 valence electrons. The molecule has 3 aromatic rings. The first-order valence-corrected chi connectivity index (χ1v) is 14.8. The van der Waals surface area contributed by atoms with Crippen LogP contribution in [-0.2, 0) is 15.8 Å². The number of ketones is 1. The van der Waals surface area contributed by atoms with Crippen LogP contribution >= 0.6 is 23.1 Å². The molecule has 35 heavy (non-hydrogen) atoms. The van der Waals surface area contributed by atoms with Crippen LogP contribution in [0.4, 0.5) is 5.13 Å². The number of Topliss-reactive ketones (excluding diaryl/α,β-unsaturated/α-hetero) is 1. The van der Waals surface area contributed by atoms with E-state index in [0.29, 0.717) is 35.6 Å². The molecule has 0 amide bonds. The molecule has 0 spiro atoms. The molecule has 0 saturated carbocycles. The van der Waals surface area contributed by atoms with Gasteiger partial charge >= 0.3 is 0 Å². The molecular formula is C25H30N4O3S3. The number of nitrogens with one attached hydrogen (secondary N) is 1. The molecule has 1 aliphatic rings. The molecular weight excluding hydrogens is 501 g/mol. The minimum absolute atomic E-state index is 0.0124. The van der Waals surface area contributed by atoms with Gasteiger partial charge in [-0.05, 0) is 42.9 Å². The van der Waals surface area contributed by atoms with Crippen LogP contribution in [0.3, 0.4) is 0 Å². The zero-order valence-electron chi connectivity index (χ0n) is 20.1. The number of carbonyl (C=O) groups excluding carboxylic acids is 1. The summed E-state index contributed by atoms with van der Waals surface area (Å²) in [6, 6.07) is 14.6. The van der Waals surface area contributed by atoms with Crippen molar-refractivity contribution in [1.29, 1.82) is 0 Å². The van der Waals surface area contributed by atoms with E-state index >= 15 is 0 Å². The largest absolute Gasteiger partial charge is 0.353 e. The molecule has 10 heteroatoms. The molecule has 4 rings (SSSR count). The number of aromatic nitrogens is 2. The third-order valence-electron chi connectivity index (χ3n) is 5.88. The lowest BCUT2D eigenvalue weighted by molar-refractivity contribution is 0.101. The van der Waals surface area contributed by atoms with Gasteiger partial charge in [-0.1, -0.05) is 78.9 Å². The molecule has 1 N–H and O–H groups in total. The molecule has 0 aliphatic carbocycles. The van der Waals surface area contributed by atoms with Crippen LogP contribution in [0.15, 0.2) is 57.8 Å². The molecule has 0 radical (unpaired) electrons. The Labute approximate surface area is 215 Å². The minimum Gasteiger partial charge on any atom is -0.353 e. The van der Waals surface area contributed by atoms with Crippen molar-refractivity contribution < 1.29 is 13.2 Å². The summed E-state index contributed by atoms with van der Waals surface area (Å²) in [6.45, 7) is 7.24. The Morgan fingerprint density at radius 2 is 1.86 bits per heavy atom. The molecule has 2 unspecified atom stereocenters. The Morgan fingerprint density at radius 1 is 1.11 bits per heavy atom. The van der Waals surface area contributed by atoms with E-state index in [9.17, 15) is 13.2 Å². The van der Waals surface area contributed by atoms with Crippen molar-refractivity contribution in [3.63, 3.8) is 0 Å². The molecule has 0 bridgehead atoms. The third kappa shape index (κ3) is 6.69. The third-order valence-corrected chi connectivity index (χ3v) is 9.79. The highest BCUT2D eigenvalue weighted by Gasteiger charge is 2.32. The quantitative estimate of drug-likeness (QED) is 0.304. The highest BCUT2D eigenvalue weighted by molar-refractivity contribution is 8.00. The number of anilines is 1. The van der Waals surface area contributed by atoms with E-state index in [1.54, 1.807) is 34.3 Å². The lowest BCUT2D eigenvalue weighted by Gasteiger charge is -2.34. The zero-order chi connectivity index (χ0) is 25.0. The first kappa shape index (κ1) is 25.8. The van der Waals surface area contributed by atoms with E-state index in [4.69, 9.17) is 0 Å². The number of benzene rings is 2. The molecule has 1 fully saturated rings. The van der Waals surface area contributed by atoms with Gasteiger partial charge in [-0.3, -0.25) is 4.79 Å². The lowest BCUT2D eigenvalue weighted by Crippen LogP contribution is -2.42.